The van der Waals surface area contributed by atoms with E-state index < -0.39 is 5.91 Å². The van der Waals surface area contributed by atoms with Crippen LogP contribution < -0.4 is 5.32 Å². The van der Waals surface area contributed by atoms with E-state index in [-0.39, 0.29) is 21.4 Å². The summed E-state index contributed by atoms with van der Waals surface area (Å²) in [5.74, 6) is -0.833. The van der Waals surface area contributed by atoms with Crippen LogP contribution in [0.2, 0.25) is 15.1 Å². The average Bonchev–Trinajstić information content (AvgIpc) is 2.32. The molecule has 104 valence electrons. The summed E-state index contributed by atoms with van der Waals surface area (Å²) in [6.07, 6.45) is 0. The molecule has 0 heterocycles. The number of halogens is 3. The van der Waals surface area contributed by atoms with Gasteiger partial charge in [-0.1, -0.05) is 34.8 Å². The average molecular weight is 331 g/mol. The zero-order valence-electron chi connectivity index (χ0n) is 10.4. The Morgan fingerprint density at radius 2 is 1.70 bits per heavy atom. The molecule has 2 rings (SSSR count). The number of phenolic OH excluding ortho intramolecular Hbond substituents is 1. The first-order valence-electron chi connectivity index (χ1n) is 5.63. The lowest BCUT2D eigenvalue weighted by molar-refractivity contribution is 0.102. The molecular weight excluding hydrogens is 321 g/mol. The van der Waals surface area contributed by atoms with Crippen LogP contribution in [0.15, 0.2) is 30.3 Å². The summed E-state index contributed by atoms with van der Waals surface area (Å²) in [5, 5.41) is 13.2. The van der Waals surface area contributed by atoms with Crippen molar-refractivity contribution in [3.63, 3.8) is 0 Å². The molecule has 0 unspecified atom stereocenters. The van der Waals surface area contributed by atoms with E-state index in [1.165, 1.54) is 12.1 Å². The van der Waals surface area contributed by atoms with Crippen LogP contribution in [0.4, 0.5) is 5.69 Å². The number of carbonyl (C=O) groups excluding carboxylic acids is 1. The lowest BCUT2D eigenvalue weighted by Gasteiger charge is -2.09. The van der Waals surface area contributed by atoms with Crippen molar-refractivity contribution in [2.45, 2.75) is 6.92 Å². The topological polar surface area (TPSA) is 49.3 Å². The smallest absolute Gasteiger partial charge is 0.259 e. The summed E-state index contributed by atoms with van der Waals surface area (Å²) in [6.45, 7) is 1.86. The third-order valence-electron chi connectivity index (χ3n) is 2.57. The molecule has 0 atom stereocenters. The molecule has 3 nitrogen and oxygen atoms in total. The number of phenols is 1. The van der Waals surface area contributed by atoms with E-state index in [0.29, 0.717) is 10.7 Å². The second-order valence-electron chi connectivity index (χ2n) is 4.26. The number of carbonyl (C=O) groups is 1. The van der Waals surface area contributed by atoms with Crippen LogP contribution in [0.1, 0.15) is 15.9 Å². The Balaban J connectivity index is 2.33. The largest absolute Gasteiger partial charge is 0.506 e. The summed E-state index contributed by atoms with van der Waals surface area (Å²) >= 11 is 17.5. The summed E-state index contributed by atoms with van der Waals surface area (Å²) in [5.41, 5.74) is 1.43. The van der Waals surface area contributed by atoms with Crippen molar-refractivity contribution in [1.82, 2.24) is 0 Å². The number of hydrogen-bond donors (Lipinski definition) is 2. The van der Waals surface area contributed by atoms with Gasteiger partial charge in [-0.3, -0.25) is 4.79 Å². The summed E-state index contributed by atoms with van der Waals surface area (Å²) < 4.78 is 0. The lowest BCUT2D eigenvalue weighted by atomic mass is 10.1. The Bertz CT molecular complexity index is 666. The highest BCUT2D eigenvalue weighted by atomic mass is 35.5. The minimum absolute atomic E-state index is 0.000119. The van der Waals surface area contributed by atoms with Gasteiger partial charge in [0.15, 0.2) is 0 Å². The fraction of sp³-hybridized carbons (Fsp3) is 0.0714. The number of nitrogens with one attached hydrogen (secondary N) is 1. The zero-order chi connectivity index (χ0) is 14.9. The molecule has 6 heteroatoms. The van der Waals surface area contributed by atoms with E-state index >= 15 is 0 Å². The fourth-order valence-electron chi connectivity index (χ4n) is 1.75. The highest BCUT2D eigenvalue weighted by Crippen LogP contribution is 2.31. The molecule has 0 aliphatic heterocycles. The van der Waals surface area contributed by atoms with Crippen LogP contribution in [0.25, 0.3) is 0 Å². The van der Waals surface area contributed by atoms with E-state index in [9.17, 15) is 9.90 Å². The second kappa shape index (κ2) is 5.92. The minimum Gasteiger partial charge on any atom is -0.506 e. The highest BCUT2D eigenvalue weighted by Gasteiger charge is 2.15. The number of anilines is 1. The highest BCUT2D eigenvalue weighted by molar-refractivity contribution is 6.36. The third kappa shape index (κ3) is 3.37. The predicted octanol–water partition coefficient (Wildman–Crippen LogP) is 4.91. The summed E-state index contributed by atoms with van der Waals surface area (Å²) in [6, 6.07) is 7.84. The molecule has 0 saturated heterocycles. The first-order chi connectivity index (χ1) is 9.36. The first-order valence-corrected chi connectivity index (χ1v) is 6.77. The van der Waals surface area contributed by atoms with Gasteiger partial charge in [0.25, 0.3) is 5.91 Å². The molecular formula is C14H10Cl3NO2. The van der Waals surface area contributed by atoms with Crippen molar-refractivity contribution in [1.29, 1.82) is 0 Å². The van der Waals surface area contributed by atoms with Gasteiger partial charge in [0.2, 0.25) is 0 Å². The molecule has 0 fully saturated rings. The monoisotopic (exact) mass is 329 g/mol. The van der Waals surface area contributed by atoms with Crippen LogP contribution in [0.3, 0.4) is 0 Å². The van der Waals surface area contributed by atoms with Gasteiger partial charge in [0.1, 0.15) is 5.75 Å². The summed E-state index contributed by atoms with van der Waals surface area (Å²) in [7, 11) is 0. The van der Waals surface area contributed by atoms with Crippen molar-refractivity contribution in [3.05, 3.63) is 56.5 Å². The van der Waals surface area contributed by atoms with E-state index in [1.54, 1.807) is 18.2 Å². The molecule has 2 aromatic rings. The van der Waals surface area contributed by atoms with Crippen molar-refractivity contribution in [2.24, 2.45) is 0 Å². The van der Waals surface area contributed by atoms with Crippen LogP contribution in [0, 0.1) is 6.92 Å². The van der Waals surface area contributed by atoms with E-state index in [4.69, 9.17) is 34.8 Å². The van der Waals surface area contributed by atoms with Gasteiger partial charge in [0.05, 0.1) is 10.6 Å². The van der Waals surface area contributed by atoms with Gasteiger partial charge in [-0.25, -0.2) is 0 Å². The molecule has 20 heavy (non-hydrogen) atoms. The normalized spacial score (nSPS) is 10.4. The fourth-order valence-corrected chi connectivity index (χ4v) is 2.53. The maximum atomic E-state index is 12.1. The maximum Gasteiger partial charge on any atom is 0.259 e. The number of rotatable bonds is 2. The molecule has 0 radical (unpaired) electrons. The maximum absolute atomic E-state index is 12.1. The van der Waals surface area contributed by atoms with Gasteiger partial charge in [-0.2, -0.15) is 0 Å². The van der Waals surface area contributed by atoms with E-state index in [1.807, 2.05) is 6.92 Å². The Kier molecular flexibility index (Phi) is 4.43. The molecule has 1 amide bonds. The van der Waals surface area contributed by atoms with Crippen molar-refractivity contribution in [3.8, 4) is 5.75 Å². The molecule has 0 bridgehead atoms. The Labute approximate surface area is 131 Å². The molecule has 0 spiro atoms. The van der Waals surface area contributed by atoms with Gasteiger partial charge < -0.3 is 10.4 Å². The van der Waals surface area contributed by atoms with Crippen LogP contribution >= 0.6 is 34.8 Å². The second-order valence-corrected chi connectivity index (χ2v) is 5.54. The number of aromatic hydroxyl groups is 1. The van der Waals surface area contributed by atoms with Gasteiger partial charge in [0, 0.05) is 15.7 Å². The quantitative estimate of drug-likeness (QED) is 0.821. The van der Waals surface area contributed by atoms with Gasteiger partial charge in [-0.15, -0.1) is 0 Å². The molecule has 2 N–H and O–H groups in total. The van der Waals surface area contributed by atoms with Gasteiger partial charge in [-0.05, 0) is 42.8 Å². The minimum atomic E-state index is -0.520. The molecule has 0 saturated carbocycles. The Morgan fingerprint density at radius 3 is 2.35 bits per heavy atom. The van der Waals surface area contributed by atoms with E-state index in [0.717, 1.165) is 5.56 Å². The molecule has 0 aliphatic rings. The number of aryl methyl sites for hydroxylation is 1. The number of hydrogen-bond acceptors (Lipinski definition) is 2. The predicted molar refractivity (Wildman–Crippen MR) is 82.3 cm³/mol. The van der Waals surface area contributed by atoms with Crippen LogP contribution in [-0.2, 0) is 0 Å². The van der Waals surface area contributed by atoms with Crippen molar-refractivity contribution >= 4 is 46.4 Å². The third-order valence-corrected chi connectivity index (χ3v) is 3.30. The summed E-state index contributed by atoms with van der Waals surface area (Å²) in [4.78, 5) is 12.1. The standard InChI is InChI=1S/C14H10Cl3NO2/c1-7-2-8(15)4-10(3-7)18-14(20)11-5-9(16)6-12(17)13(11)19/h2-6,19H,1H3,(H,18,20). The Morgan fingerprint density at radius 1 is 1.05 bits per heavy atom. The first kappa shape index (κ1) is 15.0. The lowest BCUT2D eigenvalue weighted by Crippen LogP contribution is -2.12. The Hall–Kier alpha value is -1.42. The molecule has 0 aromatic heterocycles. The number of benzene rings is 2. The zero-order valence-corrected chi connectivity index (χ0v) is 12.6. The number of amides is 1. The SMILES string of the molecule is Cc1cc(Cl)cc(NC(=O)c2cc(Cl)cc(Cl)c2O)c1. The van der Waals surface area contributed by atoms with Crippen LogP contribution in [0.5, 0.6) is 5.75 Å². The molecule has 0 aliphatic carbocycles. The van der Waals surface area contributed by atoms with Crippen molar-refractivity contribution in [2.75, 3.05) is 5.32 Å². The van der Waals surface area contributed by atoms with Crippen molar-refractivity contribution < 1.29 is 9.90 Å². The van der Waals surface area contributed by atoms with E-state index in [2.05, 4.69) is 5.32 Å². The molecule has 2 aromatic carbocycles. The van der Waals surface area contributed by atoms with Crippen LogP contribution in [-0.4, -0.2) is 11.0 Å². The van der Waals surface area contributed by atoms with Gasteiger partial charge >= 0.3 is 0 Å².